The lowest BCUT2D eigenvalue weighted by Gasteiger charge is -2.32. The summed E-state index contributed by atoms with van der Waals surface area (Å²) < 4.78 is 11.1. The van der Waals surface area contributed by atoms with Crippen molar-refractivity contribution >= 4 is 28.6 Å². The number of aromatic amines is 1. The topological polar surface area (TPSA) is 84.5 Å². The van der Waals surface area contributed by atoms with Crippen LogP contribution in [0, 0.1) is 0 Å². The fraction of sp³-hybridized carbons (Fsp3) is 0.286. The summed E-state index contributed by atoms with van der Waals surface area (Å²) in [6.45, 7) is 3.70. The molecule has 28 heavy (non-hydrogen) atoms. The zero-order chi connectivity index (χ0) is 19.7. The van der Waals surface area contributed by atoms with Crippen molar-refractivity contribution in [2.45, 2.75) is 32.5 Å². The van der Waals surface area contributed by atoms with E-state index in [1.54, 1.807) is 18.7 Å². The molecule has 1 amide bonds. The molecule has 2 aromatic carbocycles. The molecule has 0 saturated heterocycles. The molecule has 1 aliphatic rings. The van der Waals surface area contributed by atoms with Gasteiger partial charge in [0.15, 0.2) is 12.2 Å². The first-order valence-electron chi connectivity index (χ1n) is 9.24. The van der Waals surface area contributed by atoms with Crippen LogP contribution in [-0.4, -0.2) is 34.5 Å². The van der Waals surface area contributed by atoms with Crippen LogP contribution < -0.4 is 9.64 Å². The Balaban J connectivity index is 1.41. The van der Waals surface area contributed by atoms with E-state index in [0.717, 1.165) is 11.0 Å². The van der Waals surface area contributed by atoms with E-state index in [1.165, 1.54) is 0 Å². The average molecular weight is 379 g/mol. The van der Waals surface area contributed by atoms with Crippen LogP contribution in [0.25, 0.3) is 11.0 Å². The van der Waals surface area contributed by atoms with Gasteiger partial charge < -0.3 is 19.4 Å². The van der Waals surface area contributed by atoms with Crippen LogP contribution in [0.5, 0.6) is 5.75 Å². The third-order valence-electron chi connectivity index (χ3n) is 4.71. The summed E-state index contributed by atoms with van der Waals surface area (Å²) >= 11 is 0. The van der Waals surface area contributed by atoms with Crippen molar-refractivity contribution < 1.29 is 19.1 Å². The quantitative estimate of drug-likeness (QED) is 0.687. The fourth-order valence-corrected chi connectivity index (χ4v) is 3.27. The SMILES string of the molecule is C[C@@H]1Oc2ccccc2N(CCC(=O)O[C@@H](C)c2nc3ccccc3[nH]2)C1=O. The average Bonchev–Trinajstić information content (AvgIpc) is 3.13. The number of para-hydroxylation sites is 4. The Kier molecular flexibility index (Phi) is 4.73. The normalized spacial score (nSPS) is 17.1. The van der Waals surface area contributed by atoms with Crippen LogP contribution in [0.1, 0.15) is 32.2 Å². The first-order valence-corrected chi connectivity index (χ1v) is 9.24. The van der Waals surface area contributed by atoms with E-state index in [4.69, 9.17) is 9.47 Å². The number of benzene rings is 2. The smallest absolute Gasteiger partial charge is 0.308 e. The number of hydrogen-bond acceptors (Lipinski definition) is 5. The number of esters is 1. The Labute approximate surface area is 162 Å². The molecule has 1 N–H and O–H groups in total. The van der Waals surface area contributed by atoms with Gasteiger partial charge in [0.2, 0.25) is 0 Å². The van der Waals surface area contributed by atoms with Crippen molar-refractivity contribution in [3.63, 3.8) is 0 Å². The Morgan fingerprint density at radius 2 is 2.00 bits per heavy atom. The number of carbonyl (C=O) groups is 2. The highest BCUT2D eigenvalue weighted by molar-refractivity contribution is 6.00. The molecule has 4 rings (SSSR count). The number of H-pyrrole nitrogens is 1. The zero-order valence-electron chi connectivity index (χ0n) is 15.7. The maximum absolute atomic E-state index is 12.5. The maximum atomic E-state index is 12.5. The number of anilines is 1. The summed E-state index contributed by atoms with van der Waals surface area (Å²) in [5.74, 6) is 0.670. The molecule has 2 atom stereocenters. The van der Waals surface area contributed by atoms with Crippen molar-refractivity contribution in [3.05, 3.63) is 54.4 Å². The molecule has 2 heterocycles. The van der Waals surface area contributed by atoms with Crippen molar-refractivity contribution in [1.29, 1.82) is 0 Å². The first-order chi connectivity index (χ1) is 13.5. The third-order valence-corrected chi connectivity index (χ3v) is 4.71. The molecule has 0 bridgehead atoms. The molecule has 0 spiro atoms. The standard InChI is InChI=1S/C21H21N3O4/c1-13(20-22-15-7-3-4-8-16(15)23-20)28-19(25)11-12-24-17-9-5-6-10-18(17)27-14(2)21(24)26/h3-10,13-14H,11-12H2,1-2H3,(H,22,23)/t13-,14-/m0/s1. The minimum absolute atomic E-state index is 0.0807. The van der Waals surface area contributed by atoms with Crippen LogP contribution >= 0.6 is 0 Å². The first kappa shape index (κ1) is 18.0. The Morgan fingerprint density at radius 3 is 2.82 bits per heavy atom. The number of aromatic nitrogens is 2. The molecule has 7 heteroatoms. The third kappa shape index (κ3) is 3.43. The van der Waals surface area contributed by atoms with E-state index in [9.17, 15) is 9.59 Å². The number of carbonyl (C=O) groups excluding carboxylic acids is 2. The molecular weight excluding hydrogens is 358 g/mol. The van der Waals surface area contributed by atoms with Gasteiger partial charge in [-0.3, -0.25) is 9.59 Å². The van der Waals surface area contributed by atoms with Gasteiger partial charge >= 0.3 is 5.97 Å². The minimum atomic E-state index is -0.583. The number of fused-ring (bicyclic) bond motifs is 2. The van der Waals surface area contributed by atoms with Crippen molar-refractivity contribution in [1.82, 2.24) is 9.97 Å². The van der Waals surface area contributed by atoms with Gasteiger partial charge in [0.25, 0.3) is 5.91 Å². The number of imidazole rings is 1. The zero-order valence-corrected chi connectivity index (χ0v) is 15.7. The van der Waals surface area contributed by atoms with E-state index < -0.39 is 18.2 Å². The molecule has 0 aliphatic carbocycles. The van der Waals surface area contributed by atoms with Crippen LogP contribution in [0.15, 0.2) is 48.5 Å². The minimum Gasteiger partial charge on any atom is -0.479 e. The lowest BCUT2D eigenvalue weighted by atomic mass is 10.2. The van der Waals surface area contributed by atoms with E-state index in [-0.39, 0.29) is 18.9 Å². The van der Waals surface area contributed by atoms with Gasteiger partial charge in [-0.1, -0.05) is 24.3 Å². The highest BCUT2D eigenvalue weighted by atomic mass is 16.5. The Hall–Kier alpha value is -3.35. The largest absolute Gasteiger partial charge is 0.479 e. The van der Waals surface area contributed by atoms with Crippen molar-refractivity contribution in [3.8, 4) is 5.75 Å². The van der Waals surface area contributed by atoms with E-state index in [1.807, 2.05) is 48.5 Å². The van der Waals surface area contributed by atoms with Crippen LogP contribution in [0.4, 0.5) is 5.69 Å². The molecule has 0 unspecified atom stereocenters. The number of amides is 1. The van der Waals surface area contributed by atoms with Crippen LogP contribution in [-0.2, 0) is 14.3 Å². The highest BCUT2D eigenvalue weighted by Crippen LogP contribution is 2.33. The molecule has 0 saturated carbocycles. The second kappa shape index (κ2) is 7.34. The van der Waals surface area contributed by atoms with E-state index in [2.05, 4.69) is 9.97 Å². The number of hydrogen-bond donors (Lipinski definition) is 1. The van der Waals surface area contributed by atoms with E-state index in [0.29, 0.717) is 17.3 Å². The second-order valence-electron chi connectivity index (χ2n) is 6.74. The van der Waals surface area contributed by atoms with Gasteiger partial charge in [-0.25, -0.2) is 4.98 Å². The summed E-state index contributed by atoms with van der Waals surface area (Å²) in [5.41, 5.74) is 2.39. The summed E-state index contributed by atoms with van der Waals surface area (Å²) in [4.78, 5) is 34.0. The van der Waals surface area contributed by atoms with Gasteiger partial charge in [-0.15, -0.1) is 0 Å². The monoisotopic (exact) mass is 379 g/mol. The number of nitrogens with one attached hydrogen (secondary N) is 1. The van der Waals surface area contributed by atoms with E-state index >= 15 is 0 Å². The molecule has 7 nitrogen and oxygen atoms in total. The Bertz CT molecular complexity index is 996. The Morgan fingerprint density at radius 1 is 1.25 bits per heavy atom. The fourth-order valence-electron chi connectivity index (χ4n) is 3.27. The van der Waals surface area contributed by atoms with Crippen molar-refractivity contribution in [2.75, 3.05) is 11.4 Å². The molecule has 1 aliphatic heterocycles. The summed E-state index contributed by atoms with van der Waals surface area (Å²) in [5, 5.41) is 0. The van der Waals surface area contributed by atoms with Gasteiger partial charge in [-0.2, -0.15) is 0 Å². The molecule has 0 radical (unpaired) electrons. The summed E-state index contributed by atoms with van der Waals surface area (Å²) in [6.07, 6.45) is -1.01. The molecule has 0 fully saturated rings. The molecule has 1 aromatic heterocycles. The van der Waals surface area contributed by atoms with Gasteiger partial charge in [-0.05, 0) is 38.1 Å². The molecular formula is C21H21N3O4. The number of ether oxygens (including phenoxy) is 2. The predicted octanol–water partition coefficient (Wildman–Crippen LogP) is 3.37. The van der Waals surface area contributed by atoms with Gasteiger partial charge in [0, 0.05) is 6.54 Å². The lowest BCUT2D eigenvalue weighted by molar-refractivity contribution is -0.148. The van der Waals surface area contributed by atoms with Crippen LogP contribution in [0.3, 0.4) is 0 Å². The summed E-state index contributed by atoms with van der Waals surface area (Å²) in [6, 6.07) is 14.9. The number of nitrogens with zero attached hydrogens (tertiary/aromatic N) is 2. The number of rotatable bonds is 5. The van der Waals surface area contributed by atoms with Gasteiger partial charge in [0.05, 0.1) is 23.1 Å². The molecule has 144 valence electrons. The highest BCUT2D eigenvalue weighted by Gasteiger charge is 2.31. The van der Waals surface area contributed by atoms with Gasteiger partial charge in [0.1, 0.15) is 11.6 Å². The second-order valence-corrected chi connectivity index (χ2v) is 6.74. The summed E-state index contributed by atoms with van der Waals surface area (Å²) in [7, 11) is 0. The lowest BCUT2D eigenvalue weighted by Crippen LogP contribution is -2.45. The predicted molar refractivity (Wildman–Crippen MR) is 104 cm³/mol. The van der Waals surface area contributed by atoms with Crippen LogP contribution in [0.2, 0.25) is 0 Å². The maximum Gasteiger partial charge on any atom is 0.308 e. The van der Waals surface area contributed by atoms with Crippen molar-refractivity contribution in [2.24, 2.45) is 0 Å². The molecule has 3 aromatic rings.